The second-order valence-corrected chi connectivity index (χ2v) is 5.96. The van der Waals surface area contributed by atoms with Gasteiger partial charge in [0.25, 0.3) is 0 Å². The van der Waals surface area contributed by atoms with Crippen molar-refractivity contribution in [3.05, 3.63) is 0 Å². The Labute approximate surface area is 111 Å². The normalized spacial score (nSPS) is 19.1. The summed E-state index contributed by atoms with van der Waals surface area (Å²) in [5.41, 5.74) is -0.579. The summed E-state index contributed by atoms with van der Waals surface area (Å²) >= 11 is 0. The van der Waals surface area contributed by atoms with E-state index >= 15 is 0 Å². The van der Waals surface area contributed by atoms with Gasteiger partial charge < -0.3 is 10.4 Å². The van der Waals surface area contributed by atoms with Crippen molar-refractivity contribution in [3.8, 4) is 0 Å². The van der Waals surface area contributed by atoms with Gasteiger partial charge in [-0.25, -0.2) is 0 Å². The SMILES string of the molecule is CCC(CC)(CNC(C)CC1CCCC1)C(=O)O. The highest BCUT2D eigenvalue weighted by Gasteiger charge is 2.34. The zero-order valence-corrected chi connectivity index (χ0v) is 12.2. The average molecular weight is 255 g/mol. The topological polar surface area (TPSA) is 49.3 Å². The van der Waals surface area contributed by atoms with Gasteiger partial charge in [-0.15, -0.1) is 0 Å². The Balaban J connectivity index is 2.38. The first-order chi connectivity index (χ1) is 8.54. The average Bonchev–Trinajstić information content (AvgIpc) is 2.83. The Morgan fingerprint density at radius 1 is 1.33 bits per heavy atom. The van der Waals surface area contributed by atoms with Crippen LogP contribution in [0.3, 0.4) is 0 Å². The smallest absolute Gasteiger partial charge is 0.310 e. The summed E-state index contributed by atoms with van der Waals surface area (Å²) in [6.07, 6.45) is 8.06. The van der Waals surface area contributed by atoms with E-state index < -0.39 is 11.4 Å². The van der Waals surface area contributed by atoms with E-state index in [1.807, 2.05) is 13.8 Å². The van der Waals surface area contributed by atoms with E-state index in [0.717, 1.165) is 5.92 Å². The second kappa shape index (κ2) is 7.13. The fourth-order valence-corrected chi connectivity index (χ4v) is 3.08. The molecular weight excluding hydrogens is 226 g/mol. The minimum atomic E-state index is -0.659. The van der Waals surface area contributed by atoms with E-state index in [4.69, 9.17) is 0 Å². The summed E-state index contributed by atoms with van der Waals surface area (Å²) in [5.74, 6) is 0.197. The molecule has 0 bridgehead atoms. The van der Waals surface area contributed by atoms with Crippen molar-refractivity contribution in [2.24, 2.45) is 11.3 Å². The van der Waals surface area contributed by atoms with E-state index in [2.05, 4.69) is 12.2 Å². The molecule has 1 unspecified atom stereocenters. The van der Waals surface area contributed by atoms with Crippen molar-refractivity contribution in [1.29, 1.82) is 0 Å². The van der Waals surface area contributed by atoms with Crippen LogP contribution in [0, 0.1) is 11.3 Å². The molecule has 1 aliphatic rings. The van der Waals surface area contributed by atoms with Gasteiger partial charge in [0.05, 0.1) is 5.41 Å². The lowest BCUT2D eigenvalue weighted by Gasteiger charge is -2.29. The van der Waals surface area contributed by atoms with Crippen LogP contribution in [0.2, 0.25) is 0 Å². The number of carboxylic acids is 1. The van der Waals surface area contributed by atoms with Gasteiger partial charge in [0.1, 0.15) is 0 Å². The molecule has 3 nitrogen and oxygen atoms in total. The maximum atomic E-state index is 11.4. The zero-order valence-electron chi connectivity index (χ0n) is 12.2. The second-order valence-electron chi connectivity index (χ2n) is 5.96. The van der Waals surface area contributed by atoms with Gasteiger partial charge in [0, 0.05) is 12.6 Å². The molecule has 0 aromatic carbocycles. The van der Waals surface area contributed by atoms with Gasteiger partial charge in [-0.3, -0.25) is 4.79 Å². The van der Waals surface area contributed by atoms with Crippen LogP contribution >= 0.6 is 0 Å². The maximum Gasteiger partial charge on any atom is 0.310 e. The highest BCUT2D eigenvalue weighted by molar-refractivity contribution is 5.74. The fraction of sp³-hybridized carbons (Fsp3) is 0.933. The largest absolute Gasteiger partial charge is 0.481 e. The van der Waals surface area contributed by atoms with E-state index in [1.54, 1.807) is 0 Å². The summed E-state index contributed by atoms with van der Waals surface area (Å²) in [6, 6.07) is 0.435. The standard InChI is InChI=1S/C15H29NO2/c1-4-15(5-2,14(17)18)11-16-12(3)10-13-8-6-7-9-13/h12-13,16H,4-11H2,1-3H3,(H,17,18). The number of carboxylic acid groups (broad SMARTS) is 1. The Bertz CT molecular complexity index is 255. The lowest BCUT2D eigenvalue weighted by atomic mass is 9.82. The Morgan fingerprint density at radius 3 is 2.33 bits per heavy atom. The first-order valence-corrected chi connectivity index (χ1v) is 7.51. The van der Waals surface area contributed by atoms with Crippen molar-refractivity contribution in [1.82, 2.24) is 5.32 Å². The molecule has 0 aromatic heterocycles. The zero-order chi connectivity index (χ0) is 13.6. The monoisotopic (exact) mass is 255 g/mol. The summed E-state index contributed by atoms with van der Waals surface area (Å²) in [4.78, 5) is 11.4. The third-order valence-electron chi connectivity index (χ3n) is 4.76. The highest BCUT2D eigenvalue weighted by Crippen LogP contribution is 2.29. The molecule has 2 N–H and O–H groups in total. The van der Waals surface area contributed by atoms with Crippen molar-refractivity contribution in [2.45, 2.75) is 71.8 Å². The van der Waals surface area contributed by atoms with E-state index in [-0.39, 0.29) is 0 Å². The summed E-state index contributed by atoms with van der Waals surface area (Å²) in [7, 11) is 0. The van der Waals surface area contributed by atoms with Gasteiger partial charge in [-0.05, 0) is 32.1 Å². The molecular formula is C15H29NO2. The number of nitrogens with one attached hydrogen (secondary N) is 1. The van der Waals surface area contributed by atoms with Crippen molar-refractivity contribution in [2.75, 3.05) is 6.54 Å². The van der Waals surface area contributed by atoms with Crippen LogP contribution < -0.4 is 5.32 Å². The Kier molecular flexibility index (Phi) is 6.13. The Morgan fingerprint density at radius 2 is 1.89 bits per heavy atom. The summed E-state index contributed by atoms with van der Waals surface area (Å²) in [6.45, 7) is 6.74. The van der Waals surface area contributed by atoms with Crippen LogP contribution in [-0.2, 0) is 4.79 Å². The molecule has 3 heteroatoms. The molecule has 0 heterocycles. The van der Waals surface area contributed by atoms with Gasteiger partial charge >= 0.3 is 5.97 Å². The molecule has 0 spiro atoms. The minimum absolute atomic E-state index is 0.435. The molecule has 0 aliphatic heterocycles. The minimum Gasteiger partial charge on any atom is -0.481 e. The lowest BCUT2D eigenvalue weighted by molar-refractivity contribution is -0.149. The van der Waals surface area contributed by atoms with Gasteiger partial charge in [-0.1, -0.05) is 39.5 Å². The van der Waals surface area contributed by atoms with Crippen molar-refractivity contribution < 1.29 is 9.90 Å². The molecule has 18 heavy (non-hydrogen) atoms. The van der Waals surface area contributed by atoms with E-state index in [9.17, 15) is 9.90 Å². The quantitative estimate of drug-likeness (QED) is 0.698. The third-order valence-corrected chi connectivity index (χ3v) is 4.76. The molecule has 106 valence electrons. The molecule has 1 saturated carbocycles. The molecule has 1 rings (SSSR count). The van der Waals surface area contributed by atoms with Crippen molar-refractivity contribution in [3.63, 3.8) is 0 Å². The number of hydrogen-bond acceptors (Lipinski definition) is 2. The first-order valence-electron chi connectivity index (χ1n) is 7.51. The maximum absolute atomic E-state index is 11.4. The molecule has 0 radical (unpaired) electrons. The van der Waals surface area contributed by atoms with Crippen LogP contribution in [0.5, 0.6) is 0 Å². The number of hydrogen-bond donors (Lipinski definition) is 2. The summed E-state index contributed by atoms with van der Waals surface area (Å²) in [5, 5.41) is 12.8. The van der Waals surface area contributed by atoms with Crippen LogP contribution in [0.4, 0.5) is 0 Å². The number of carbonyl (C=O) groups is 1. The van der Waals surface area contributed by atoms with E-state index in [0.29, 0.717) is 25.4 Å². The van der Waals surface area contributed by atoms with Gasteiger partial charge in [-0.2, -0.15) is 0 Å². The lowest BCUT2D eigenvalue weighted by Crippen LogP contribution is -2.43. The van der Waals surface area contributed by atoms with Crippen LogP contribution in [0.25, 0.3) is 0 Å². The Hall–Kier alpha value is -0.570. The predicted molar refractivity (Wildman–Crippen MR) is 74.7 cm³/mol. The fourth-order valence-electron chi connectivity index (χ4n) is 3.08. The molecule has 1 aliphatic carbocycles. The molecule has 0 amide bonds. The third kappa shape index (κ3) is 3.98. The van der Waals surface area contributed by atoms with Crippen LogP contribution in [-0.4, -0.2) is 23.7 Å². The van der Waals surface area contributed by atoms with Crippen LogP contribution in [0.15, 0.2) is 0 Å². The molecule has 0 saturated heterocycles. The summed E-state index contributed by atoms with van der Waals surface area (Å²) < 4.78 is 0. The highest BCUT2D eigenvalue weighted by atomic mass is 16.4. The predicted octanol–water partition coefficient (Wildman–Crippen LogP) is 3.44. The number of aliphatic carboxylic acids is 1. The molecule has 0 aromatic rings. The van der Waals surface area contributed by atoms with Crippen LogP contribution in [0.1, 0.15) is 65.7 Å². The van der Waals surface area contributed by atoms with Gasteiger partial charge in [0.2, 0.25) is 0 Å². The van der Waals surface area contributed by atoms with Gasteiger partial charge in [0.15, 0.2) is 0 Å². The van der Waals surface area contributed by atoms with E-state index in [1.165, 1.54) is 32.1 Å². The first kappa shape index (κ1) is 15.5. The molecule has 1 fully saturated rings. The molecule has 1 atom stereocenters. The van der Waals surface area contributed by atoms with Crippen molar-refractivity contribution >= 4 is 5.97 Å². The number of rotatable bonds is 8.